The van der Waals surface area contributed by atoms with Crippen LogP contribution in [0.5, 0.6) is 11.5 Å². The summed E-state index contributed by atoms with van der Waals surface area (Å²) in [7, 11) is 0. The van der Waals surface area contributed by atoms with Crippen LogP contribution in [0.15, 0.2) is 78.2 Å². The Bertz CT molecular complexity index is 1190. The van der Waals surface area contributed by atoms with Crippen LogP contribution in [-0.4, -0.2) is 17.7 Å². The predicted molar refractivity (Wildman–Crippen MR) is 117 cm³/mol. The van der Waals surface area contributed by atoms with E-state index in [0.717, 1.165) is 29.0 Å². The molecule has 0 saturated heterocycles. The summed E-state index contributed by atoms with van der Waals surface area (Å²) in [5.74, 6) is 1.27. The van der Waals surface area contributed by atoms with Gasteiger partial charge in [-0.05, 0) is 47.9 Å². The minimum absolute atomic E-state index is 0.173. The molecule has 2 heterocycles. The Kier molecular flexibility index (Phi) is 4.91. The summed E-state index contributed by atoms with van der Waals surface area (Å²) in [6.45, 7) is 0.237. The number of carbonyl (C=O) groups is 1. The Hall–Kier alpha value is -3.64. The van der Waals surface area contributed by atoms with Crippen LogP contribution in [0, 0.1) is 0 Å². The summed E-state index contributed by atoms with van der Waals surface area (Å²) in [4.78, 5) is 17.1. The summed E-state index contributed by atoms with van der Waals surface area (Å²) in [5.41, 5.74) is 4.71. The van der Waals surface area contributed by atoms with Crippen molar-refractivity contribution in [1.82, 2.24) is 4.98 Å². The molecule has 1 amide bonds. The second kappa shape index (κ2) is 8.00. The third-order valence-electron chi connectivity index (χ3n) is 4.86. The number of thiazole rings is 1. The number of nitrogens with one attached hydrogen (secondary N) is 1. The number of anilines is 1. The van der Waals surface area contributed by atoms with Crippen molar-refractivity contribution >= 4 is 22.4 Å². The number of amides is 1. The van der Waals surface area contributed by atoms with Crippen molar-refractivity contribution < 1.29 is 14.3 Å². The third kappa shape index (κ3) is 3.90. The second-order valence-corrected chi connectivity index (χ2v) is 7.78. The topological polar surface area (TPSA) is 60.5 Å². The molecule has 5 rings (SSSR count). The molecule has 0 saturated carbocycles. The van der Waals surface area contributed by atoms with Crippen LogP contribution in [0.4, 0.5) is 5.13 Å². The molecule has 4 aromatic rings. The van der Waals surface area contributed by atoms with Crippen LogP contribution in [0.3, 0.4) is 0 Å². The fourth-order valence-electron chi connectivity index (χ4n) is 3.29. The van der Waals surface area contributed by atoms with Gasteiger partial charge in [0.25, 0.3) is 5.91 Å². The van der Waals surface area contributed by atoms with Gasteiger partial charge in [-0.1, -0.05) is 42.5 Å². The van der Waals surface area contributed by atoms with Gasteiger partial charge < -0.3 is 9.47 Å². The summed E-state index contributed by atoms with van der Waals surface area (Å²) in [6.07, 6.45) is 0.841. The molecule has 0 radical (unpaired) electrons. The maximum absolute atomic E-state index is 12.6. The molecule has 1 aliphatic heterocycles. The Morgan fingerprint density at radius 3 is 2.53 bits per heavy atom. The Morgan fingerprint density at radius 1 is 0.933 bits per heavy atom. The fourth-order valence-corrected chi connectivity index (χ4v) is 4.01. The number of hydrogen-bond acceptors (Lipinski definition) is 5. The maximum Gasteiger partial charge on any atom is 0.257 e. The van der Waals surface area contributed by atoms with Crippen molar-refractivity contribution in [2.75, 3.05) is 12.1 Å². The lowest BCUT2D eigenvalue weighted by Gasteiger charge is -2.05. The first-order valence-electron chi connectivity index (χ1n) is 9.54. The normalized spacial score (nSPS) is 12.0. The van der Waals surface area contributed by atoms with Crippen molar-refractivity contribution in [2.45, 2.75) is 6.42 Å². The van der Waals surface area contributed by atoms with E-state index in [4.69, 9.17) is 9.47 Å². The number of benzene rings is 3. The van der Waals surface area contributed by atoms with Gasteiger partial charge in [0, 0.05) is 16.5 Å². The van der Waals surface area contributed by atoms with Crippen molar-refractivity contribution in [3.05, 3.63) is 94.9 Å². The zero-order valence-corrected chi connectivity index (χ0v) is 16.8. The molecule has 3 aromatic carbocycles. The highest BCUT2D eigenvalue weighted by Crippen LogP contribution is 2.36. The summed E-state index contributed by atoms with van der Waals surface area (Å²) >= 11 is 1.39. The first-order valence-corrected chi connectivity index (χ1v) is 10.4. The lowest BCUT2D eigenvalue weighted by Crippen LogP contribution is -2.11. The van der Waals surface area contributed by atoms with Gasteiger partial charge in [-0.25, -0.2) is 4.98 Å². The molecule has 148 valence electrons. The van der Waals surface area contributed by atoms with E-state index in [-0.39, 0.29) is 12.7 Å². The van der Waals surface area contributed by atoms with Gasteiger partial charge in [-0.3, -0.25) is 10.1 Å². The molecule has 0 bridgehead atoms. The molecule has 0 aliphatic carbocycles. The van der Waals surface area contributed by atoms with Crippen molar-refractivity contribution in [3.8, 4) is 22.8 Å². The second-order valence-electron chi connectivity index (χ2n) is 6.92. The fraction of sp³-hybridized carbons (Fsp3) is 0.0833. The summed E-state index contributed by atoms with van der Waals surface area (Å²) in [5, 5.41) is 5.35. The van der Waals surface area contributed by atoms with E-state index in [2.05, 4.69) is 22.4 Å². The van der Waals surface area contributed by atoms with Crippen LogP contribution >= 0.6 is 11.3 Å². The summed E-state index contributed by atoms with van der Waals surface area (Å²) < 4.78 is 10.8. The average molecular weight is 414 g/mol. The van der Waals surface area contributed by atoms with E-state index in [9.17, 15) is 4.79 Å². The van der Waals surface area contributed by atoms with Crippen LogP contribution < -0.4 is 14.8 Å². The van der Waals surface area contributed by atoms with E-state index < -0.39 is 0 Å². The van der Waals surface area contributed by atoms with Crippen molar-refractivity contribution in [3.63, 3.8) is 0 Å². The van der Waals surface area contributed by atoms with E-state index >= 15 is 0 Å². The van der Waals surface area contributed by atoms with Crippen LogP contribution in [0.25, 0.3) is 11.3 Å². The molecule has 0 fully saturated rings. The SMILES string of the molecule is O=C(Nc1nc(-c2ccc3c(c2)OCO3)cs1)c1ccc(Cc2ccccc2)cc1. The minimum atomic E-state index is -0.173. The molecule has 30 heavy (non-hydrogen) atoms. The minimum Gasteiger partial charge on any atom is -0.454 e. The lowest BCUT2D eigenvalue weighted by molar-refractivity contribution is 0.102. The highest BCUT2D eigenvalue weighted by Gasteiger charge is 2.16. The zero-order valence-electron chi connectivity index (χ0n) is 16.0. The average Bonchev–Trinajstić information content (AvgIpc) is 3.44. The zero-order chi connectivity index (χ0) is 20.3. The highest BCUT2D eigenvalue weighted by molar-refractivity contribution is 7.14. The van der Waals surface area contributed by atoms with E-state index in [0.29, 0.717) is 16.4 Å². The first kappa shape index (κ1) is 18.4. The number of nitrogens with zero attached hydrogens (tertiary/aromatic N) is 1. The van der Waals surface area contributed by atoms with Crippen molar-refractivity contribution in [2.24, 2.45) is 0 Å². The Morgan fingerprint density at radius 2 is 1.70 bits per heavy atom. The molecular weight excluding hydrogens is 396 g/mol. The molecule has 6 heteroatoms. The standard InChI is InChI=1S/C24H18N2O3S/c27-23(18-8-6-17(7-9-18)12-16-4-2-1-3-5-16)26-24-25-20(14-30-24)19-10-11-21-22(13-19)29-15-28-21/h1-11,13-14H,12,15H2,(H,25,26,27). The monoisotopic (exact) mass is 414 g/mol. The predicted octanol–water partition coefficient (Wildman–Crippen LogP) is 5.38. The number of carbonyl (C=O) groups excluding carboxylic acids is 1. The number of ether oxygens (including phenoxy) is 2. The number of hydrogen-bond donors (Lipinski definition) is 1. The third-order valence-corrected chi connectivity index (χ3v) is 5.62. The van der Waals surface area contributed by atoms with Gasteiger partial charge in [0.05, 0.1) is 5.69 Å². The molecule has 1 aliphatic rings. The molecule has 0 spiro atoms. The maximum atomic E-state index is 12.6. The molecule has 1 aromatic heterocycles. The van der Waals surface area contributed by atoms with Crippen LogP contribution in [0.2, 0.25) is 0 Å². The molecular formula is C24H18N2O3S. The molecule has 0 unspecified atom stereocenters. The van der Waals surface area contributed by atoms with Gasteiger partial charge in [0.15, 0.2) is 16.6 Å². The Labute approximate surface area is 177 Å². The lowest BCUT2D eigenvalue weighted by atomic mass is 10.0. The largest absolute Gasteiger partial charge is 0.454 e. The van der Waals surface area contributed by atoms with Gasteiger partial charge in [-0.15, -0.1) is 11.3 Å². The quantitative estimate of drug-likeness (QED) is 0.476. The number of rotatable bonds is 5. The molecule has 0 atom stereocenters. The van der Waals surface area contributed by atoms with Crippen molar-refractivity contribution in [1.29, 1.82) is 0 Å². The van der Waals surface area contributed by atoms with E-state index in [1.165, 1.54) is 16.9 Å². The van der Waals surface area contributed by atoms with Crippen LogP contribution in [-0.2, 0) is 6.42 Å². The van der Waals surface area contributed by atoms with Crippen LogP contribution in [0.1, 0.15) is 21.5 Å². The van der Waals surface area contributed by atoms with E-state index in [1.54, 1.807) is 0 Å². The summed E-state index contributed by atoms with van der Waals surface area (Å²) in [6, 6.07) is 23.6. The van der Waals surface area contributed by atoms with E-state index in [1.807, 2.05) is 66.0 Å². The number of aromatic nitrogens is 1. The molecule has 1 N–H and O–H groups in total. The van der Waals surface area contributed by atoms with Gasteiger partial charge in [0.2, 0.25) is 6.79 Å². The smallest absolute Gasteiger partial charge is 0.257 e. The van der Waals surface area contributed by atoms with Gasteiger partial charge in [0.1, 0.15) is 0 Å². The van der Waals surface area contributed by atoms with Gasteiger partial charge >= 0.3 is 0 Å². The molecule has 5 nitrogen and oxygen atoms in total. The Balaban J connectivity index is 1.25. The highest BCUT2D eigenvalue weighted by atomic mass is 32.1. The number of fused-ring (bicyclic) bond motifs is 1. The first-order chi connectivity index (χ1) is 14.7. The van der Waals surface area contributed by atoms with Gasteiger partial charge in [-0.2, -0.15) is 0 Å².